The molecule has 0 aromatic heterocycles. The number of hydroxylamine groups is 2. The minimum Gasteiger partial charge on any atom is -0.628 e. The van der Waals surface area contributed by atoms with Gasteiger partial charge in [-0.15, -0.1) is 0 Å². The van der Waals surface area contributed by atoms with E-state index in [0.29, 0.717) is 49.2 Å². The number of benzene rings is 2. The van der Waals surface area contributed by atoms with Crippen LogP contribution in [0.3, 0.4) is 0 Å². The first kappa shape index (κ1) is 34.2. The lowest BCUT2D eigenvalue weighted by atomic mass is 9.93. The van der Waals surface area contributed by atoms with Gasteiger partial charge in [-0.2, -0.15) is 26.3 Å². The average Bonchev–Trinajstić information content (AvgIpc) is 2.96. The van der Waals surface area contributed by atoms with Gasteiger partial charge in [0.2, 0.25) is 10.0 Å². The third-order valence-corrected chi connectivity index (χ3v) is 9.09. The van der Waals surface area contributed by atoms with E-state index in [1.807, 2.05) is 4.90 Å². The summed E-state index contributed by atoms with van der Waals surface area (Å²) in [5, 5.41) is 20.2. The smallest absolute Gasteiger partial charge is 0.416 e. The fourth-order valence-electron chi connectivity index (χ4n) is 6.10. The summed E-state index contributed by atoms with van der Waals surface area (Å²) in [7, 11) is -3.41. The highest BCUT2D eigenvalue weighted by atomic mass is 32.2. The number of nitrogens with zero attached hydrogens (tertiary/aromatic N) is 1. The third-order valence-electron chi connectivity index (χ3n) is 8.32. The SMILES string of the molecule is Cc1ccccc1/C1=C/C(N2CCC(NS(C)(=O)=O)CC2)OC2=C(CNCN2)C(Cc2cc(C(F)(F)F)cc(C(F)(F)F)c2)[NH+]1[O-]. The van der Waals surface area contributed by atoms with Crippen LogP contribution in [0.4, 0.5) is 26.3 Å². The van der Waals surface area contributed by atoms with Crippen LogP contribution in [0, 0.1) is 12.1 Å². The van der Waals surface area contributed by atoms with Crippen LogP contribution in [0.25, 0.3) is 5.70 Å². The fraction of sp³-hybridized carbons (Fsp3) is 0.467. The molecule has 3 unspecified atom stereocenters. The minimum atomic E-state index is -5.04. The van der Waals surface area contributed by atoms with Crippen molar-refractivity contribution in [1.29, 1.82) is 0 Å². The molecule has 16 heteroatoms. The maximum absolute atomic E-state index is 14.6. The van der Waals surface area contributed by atoms with Crippen LogP contribution < -0.4 is 20.4 Å². The normalized spacial score (nSPS) is 25.1. The van der Waals surface area contributed by atoms with Gasteiger partial charge < -0.3 is 20.3 Å². The fourth-order valence-corrected chi connectivity index (χ4v) is 6.94. The van der Waals surface area contributed by atoms with Crippen LogP contribution >= 0.6 is 0 Å². The van der Waals surface area contributed by atoms with Crippen LogP contribution in [-0.4, -0.2) is 64.2 Å². The highest BCUT2D eigenvalue weighted by Crippen LogP contribution is 2.37. The molecule has 0 bridgehead atoms. The molecule has 9 nitrogen and oxygen atoms in total. The Labute approximate surface area is 262 Å². The number of sulfonamides is 1. The van der Waals surface area contributed by atoms with Gasteiger partial charge in [0.25, 0.3) is 0 Å². The first-order valence-corrected chi connectivity index (χ1v) is 16.5. The monoisotopic (exact) mass is 675 g/mol. The van der Waals surface area contributed by atoms with Gasteiger partial charge >= 0.3 is 12.4 Å². The van der Waals surface area contributed by atoms with Gasteiger partial charge in [-0.05, 0) is 55.2 Å². The van der Waals surface area contributed by atoms with Crippen LogP contribution in [0.2, 0.25) is 0 Å². The van der Waals surface area contributed by atoms with Gasteiger partial charge in [0, 0.05) is 43.7 Å². The summed E-state index contributed by atoms with van der Waals surface area (Å²) in [4.78, 5) is 1.96. The largest absolute Gasteiger partial charge is 0.628 e. The van der Waals surface area contributed by atoms with Crippen LogP contribution in [0.1, 0.15) is 40.7 Å². The maximum atomic E-state index is 14.6. The van der Waals surface area contributed by atoms with Gasteiger partial charge in [0.05, 0.1) is 29.6 Å². The van der Waals surface area contributed by atoms with Crippen molar-refractivity contribution in [2.45, 2.75) is 56.9 Å². The molecule has 4 N–H and O–H groups in total. The number of halogens is 6. The van der Waals surface area contributed by atoms with Crippen molar-refractivity contribution < 1.29 is 44.6 Å². The molecule has 0 radical (unpaired) electrons. The quantitative estimate of drug-likeness (QED) is 0.275. The number of likely N-dealkylation sites (tertiary alicyclic amines) is 1. The lowest BCUT2D eigenvalue weighted by Crippen LogP contribution is -3.09. The van der Waals surface area contributed by atoms with Gasteiger partial charge in [-0.25, -0.2) is 13.1 Å². The van der Waals surface area contributed by atoms with E-state index in [2.05, 4.69) is 15.4 Å². The molecular formula is C30H35F6N5O4S. The molecule has 252 valence electrons. The van der Waals surface area contributed by atoms with E-state index in [1.54, 1.807) is 37.3 Å². The highest BCUT2D eigenvalue weighted by Gasteiger charge is 2.40. The Bertz CT molecular complexity index is 1570. The van der Waals surface area contributed by atoms with E-state index in [0.717, 1.165) is 11.8 Å². The molecule has 0 aliphatic carbocycles. The van der Waals surface area contributed by atoms with Crippen molar-refractivity contribution in [3.05, 3.63) is 93.0 Å². The Kier molecular flexibility index (Phi) is 9.78. The maximum Gasteiger partial charge on any atom is 0.416 e. The van der Waals surface area contributed by atoms with Gasteiger partial charge in [0.1, 0.15) is 11.7 Å². The molecule has 2 aromatic rings. The molecule has 5 rings (SSSR count). The molecule has 1 saturated heterocycles. The van der Waals surface area contributed by atoms with Crippen molar-refractivity contribution >= 4 is 15.7 Å². The number of quaternary nitrogens is 1. The average molecular weight is 676 g/mol. The number of hydrogen-bond donors (Lipinski definition) is 4. The van der Waals surface area contributed by atoms with Crippen molar-refractivity contribution in [3.63, 3.8) is 0 Å². The summed E-state index contributed by atoms with van der Waals surface area (Å²) >= 11 is 0. The zero-order chi connectivity index (χ0) is 33.4. The first-order chi connectivity index (χ1) is 21.5. The summed E-state index contributed by atoms with van der Waals surface area (Å²) < 4.78 is 115. The Morgan fingerprint density at radius 2 is 1.67 bits per heavy atom. The van der Waals surface area contributed by atoms with Gasteiger partial charge in [-0.3, -0.25) is 10.2 Å². The molecule has 0 amide bonds. The van der Waals surface area contributed by atoms with E-state index in [4.69, 9.17) is 4.74 Å². The number of rotatable bonds is 6. The van der Waals surface area contributed by atoms with Crippen LogP contribution in [0.5, 0.6) is 0 Å². The van der Waals surface area contributed by atoms with E-state index < -0.39 is 57.3 Å². The summed E-state index contributed by atoms with van der Waals surface area (Å²) in [5.74, 6) is 0.224. The second-order valence-electron chi connectivity index (χ2n) is 11.8. The Morgan fingerprint density at radius 1 is 1.04 bits per heavy atom. The standard InChI is InChI=1S/C30H35F6N5O4S/c1-18-5-3-4-6-23(18)26-15-27(40-9-7-22(8-10-40)39-46(2,43)44)45-28-24(16-37-17-38-28)25(41(26)42)13-19-11-20(29(31,32)33)14-21(12-19)30(34,35)36/h3-6,11-12,14-15,22,25,27,37-39,41H,7-10,13,16-17H2,1-2H3/b26-15-. The number of aryl methyl sites for hydroxylation is 1. The summed E-state index contributed by atoms with van der Waals surface area (Å²) in [5.41, 5.74) is -1.30. The Balaban J connectivity index is 1.57. The zero-order valence-corrected chi connectivity index (χ0v) is 25.9. The number of piperidine rings is 1. The van der Waals surface area contributed by atoms with Crippen molar-refractivity contribution in [1.82, 2.24) is 20.3 Å². The Morgan fingerprint density at radius 3 is 2.26 bits per heavy atom. The lowest BCUT2D eigenvalue weighted by molar-refractivity contribution is -0.793. The van der Waals surface area contributed by atoms with Gasteiger partial charge in [-0.1, -0.05) is 18.2 Å². The zero-order valence-electron chi connectivity index (χ0n) is 25.1. The summed E-state index contributed by atoms with van der Waals surface area (Å²) in [6.45, 7) is 3.02. The summed E-state index contributed by atoms with van der Waals surface area (Å²) in [6, 6.07) is 7.00. The molecule has 3 heterocycles. The number of hydrogen-bond acceptors (Lipinski definition) is 7. The number of ether oxygens (including phenoxy) is 1. The van der Waals surface area contributed by atoms with E-state index in [9.17, 15) is 40.0 Å². The second kappa shape index (κ2) is 13.2. The molecule has 0 saturated carbocycles. The van der Waals surface area contributed by atoms with Crippen LogP contribution in [-0.2, 0) is 33.5 Å². The molecule has 1 fully saturated rings. The van der Waals surface area contributed by atoms with E-state index >= 15 is 0 Å². The summed E-state index contributed by atoms with van der Waals surface area (Å²) in [6.07, 6.45) is -7.59. The predicted octanol–water partition coefficient (Wildman–Crippen LogP) is 3.10. The molecule has 3 aliphatic rings. The van der Waals surface area contributed by atoms with E-state index in [-0.39, 0.29) is 42.5 Å². The molecule has 3 atom stereocenters. The second-order valence-corrected chi connectivity index (χ2v) is 13.6. The topological polar surface area (TPSA) is 110 Å². The third kappa shape index (κ3) is 8.04. The molecular weight excluding hydrogens is 640 g/mol. The Hall–Kier alpha value is -3.15. The van der Waals surface area contributed by atoms with Gasteiger partial charge in [0.15, 0.2) is 12.1 Å². The number of nitrogens with one attached hydrogen (secondary N) is 4. The first-order valence-electron chi connectivity index (χ1n) is 14.7. The highest BCUT2D eigenvalue weighted by molar-refractivity contribution is 7.88. The minimum absolute atomic E-state index is 0.0683. The van der Waals surface area contributed by atoms with E-state index in [1.165, 1.54) is 0 Å². The van der Waals surface area contributed by atoms with Crippen molar-refractivity contribution in [3.8, 4) is 0 Å². The predicted molar refractivity (Wildman–Crippen MR) is 158 cm³/mol. The van der Waals surface area contributed by atoms with Crippen molar-refractivity contribution in [2.75, 3.05) is 32.6 Å². The molecule has 2 aromatic carbocycles. The van der Waals surface area contributed by atoms with Crippen LogP contribution in [0.15, 0.2) is 60.0 Å². The molecule has 0 spiro atoms. The molecule has 46 heavy (non-hydrogen) atoms. The lowest BCUT2D eigenvalue weighted by Gasteiger charge is -2.42. The number of alkyl halides is 6. The van der Waals surface area contributed by atoms with Crippen molar-refractivity contribution in [2.24, 2.45) is 0 Å². The molecule has 3 aliphatic heterocycles.